The molecule has 2 aromatic carbocycles. The van der Waals surface area contributed by atoms with Gasteiger partial charge in [0.25, 0.3) is 10.1 Å². The molecule has 7 heteroatoms. The summed E-state index contributed by atoms with van der Waals surface area (Å²) >= 11 is 0. The minimum Gasteiger partial charge on any atom is -0.872 e. The van der Waals surface area contributed by atoms with Gasteiger partial charge in [-0.1, -0.05) is 83.3 Å². The van der Waals surface area contributed by atoms with Crippen molar-refractivity contribution in [2.45, 2.75) is 88.9 Å². The van der Waals surface area contributed by atoms with Crippen LogP contribution in [0.4, 0.5) is 0 Å². The van der Waals surface area contributed by atoms with Crippen molar-refractivity contribution in [2.24, 2.45) is 0 Å². The van der Waals surface area contributed by atoms with Crippen LogP contribution in [0, 0.1) is 0 Å². The van der Waals surface area contributed by atoms with Crippen LogP contribution in [0.1, 0.15) is 83.1 Å². The van der Waals surface area contributed by atoms with Crippen molar-refractivity contribution in [2.75, 3.05) is 0 Å². The van der Waals surface area contributed by atoms with Crippen LogP contribution in [0.25, 0.3) is 0 Å². The second kappa shape index (κ2) is 16.3. The van der Waals surface area contributed by atoms with Crippen LogP contribution in [0.15, 0.2) is 47.4 Å². The summed E-state index contributed by atoms with van der Waals surface area (Å²) < 4.78 is 37.3. The van der Waals surface area contributed by atoms with Gasteiger partial charge in [0.15, 0.2) is 0 Å². The number of aryl methyl sites for hydroxylation is 1. The third-order valence-corrected chi connectivity index (χ3v) is 6.30. The zero-order valence-electron chi connectivity index (χ0n) is 19.5. The zero-order chi connectivity index (χ0) is 22.5. The van der Waals surface area contributed by atoms with Crippen LogP contribution in [0.2, 0.25) is 0 Å². The van der Waals surface area contributed by atoms with E-state index < -0.39 is 10.1 Å². The van der Waals surface area contributed by atoms with E-state index >= 15 is 0 Å². The molecule has 32 heavy (non-hydrogen) atoms. The summed E-state index contributed by atoms with van der Waals surface area (Å²) in [5.74, 6) is 1.00. The summed E-state index contributed by atoms with van der Waals surface area (Å²) in [5, 5.41) is 11.8. The molecule has 0 saturated carbocycles. The predicted molar refractivity (Wildman–Crippen MR) is 122 cm³/mol. The third kappa shape index (κ3) is 11.6. The fourth-order valence-corrected chi connectivity index (χ4v) is 4.12. The Labute approximate surface area is 236 Å². The Bertz CT molecular complexity index is 882. The maximum atomic E-state index is 11.8. The molecule has 2 aromatic rings. The van der Waals surface area contributed by atoms with Crippen LogP contribution >= 0.6 is 0 Å². The van der Waals surface area contributed by atoms with Crippen LogP contribution in [0.3, 0.4) is 0 Å². The summed E-state index contributed by atoms with van der Waals surface area (Å²) in [6, 6.07) is 10.3. The second-order valence-corrected chi connectivity index (χ2v) is 9.53. The number of hydrogen-bond donors (Lipinski definition) is 1. The van der Waals surface area contributed by atoms with Crippen molar-refractivity contribution in [3.8, 4) is 17.2 Å². The van der Waals surface area contributed by atoms with Gasteiger partial charge in [-0.05, 0) is 48.7 Å². The van der Waals surface area contributed by atoms with Gasteiger partial charge in [-0.3, -0.25) is 4.55 Å². The Hall–Kier alpha value is -0.414. The molecular weight excluding hydrogens is 451 g/mol. The molecule has 0 aliphatic heterocycles. The molecule has 172 valence electrons. The number of hydrogen-bond acceptors (Lipinski definition) is 4. The van der Waals surface area contributed by atoms with Crippen molar-refractivity contribution < 1.29 is 74.2 Å². The van der Waals surface area contributed by atoms with Crippen molar-refractivity contribution in [3.05, 3.63) is 48.0 Å². The molecule has 2 rings (SSSR count). The molecule has 0 saturated heterocycles. The van der Waals surface area contributed by atoms with Crippen molar-refractivity contribution in [1.82, 2.24) is 0 Å². The molecule has 0 fully saturated rings. The van der Waals surface area contributed by atoms with E-state index in [1.54, 1.807) is 12.1 Å². The number of ether oxygens (including phenoxy) is 1. The number of benzene rings is 2. The Morgan fingerprint density at radius 1 is 0.812 bits per heavy atom. The first-order chi connectivity index (χ1) is 14.9. The normalized spacial score (nSPS) is 11.2. The van der Waals surface area contributed by atoms with E-state index in [0.717, 1.165) is 24.8 Å². The summed E-state index contributed by atoms with van der Waals surface area (Å²) in [6.45, 7) is 2.24. The Morgan fingerprint density at radius 3 is 1.88 bits per heavy atom. The van der Waals surface area contributed by atoms with Gasteiger partial charge < -0.3 is 9.84 Å². The topological polar surface area (TPSA) is 86.7 Å². The van der Waals surface area contributed by atoms with Gasteiger partial charge in [0.2, 0.25) is 0 Å². The Balaban J connectivity index is 0.00000512. The average molecular weight is 487 g/mol. The molecule has 0 aliphatic carbocycles. The fraction of sp³-hybridized carbons (Fsp3) is 0.520. The summed E-state index contributed by atoms with van der Waals surface area (Å²) in [5.41, 5.74) is 0.863. The first kappa shape index (κ1) is 29.6. The molecule has 0 amide bonds. The number of unbranched alkanes of at least 4 members (excludes halogenated alkanes) is 10. The van der Waals surface area contributed by atoms with Gasteiger partial charge in [0.05, 0.1) is 4.90 Å². The van der Waals surface area contributed by atoms with Crippen molar-refractivity contribution >= 4 is 10.1 Å². The fourth-order valence-electron chi connectivity index (χ4n) is 3.64. The molecule has 0 bridgehead atoms. The minimum absolute atomic E-state index is 0. The van der Waals surface area contributed by atoms with Crippen LogP contribution < -0.4 is 61.2 Å². The van der Waals surface area contributed by atoms with E-state index in [9.17, 15) is 13.5 Å². The average Bonchev–Trinajstić information content (AvgIpc) is 2.73. The first-order valence-corrected chi connectivity index (χ1v) is 12.9. The van der Waals surface area contributed by atoms with Gasteiger partial charge in [0.1, 0.15) is 11.5 Å². The van der Waals surface area contributed by atoms with E-state index in [1.807, 2.05) is 0 Å². The first-order valence-electron chi connectivity index (χ1n) is 11.5. The molecule has 0 heterocycles. The molecule has 0 atom stereocenters. The van der Waals surface area contributed by atoms with Gasteiger partial charge in [-0.15, -0.1) is 5.75 Å². The quantitative estimate of drug-likeness (QED) is 0.236. The molecule has 0 unspecified atom stereocenters. The molecule has 0 aromatic heterocycles. The third-order valence-electron chi connectivity index (χ3n) is 5.43. The molecule has 1 N–H and O–H groups in total. The maximum Gasteiger partial charge on any atom is 1.00 e. The number of rotatable bonds is 15. The summed E-state index contributed by atoms with van der Waals surface area (Å²) in [6.07, 6.45) is 14.7. The van der Waals surface area contributed by atoms with Gasteiger partial charge in [-0.25, -0.2) is 0 Å². The predicted octanol–water partition coefficient (Wildman–Crippen LogP) is 3.66. The van der Waals surface area contributed by atoms with E-state index in [-0.39, 0.29) is 62.0 Å². The zero-order valence-corrected chi connectivity index (χ0v) is 23.5. The van der Waals surface area contributed by atoms with Gasteiger partial charge in [-0.2, -0.15) is 8.42 Å². The summed E-state index contributed by atoms with van der Waals surface area (Å²) in [4.78, 5) is -0.184. The second-order valence-electron chi connectivity index (χ2n) is 8.10. The van der Waals surface area contributed by atoms with E-state index in [0.29, 0.717) is 11.5 Å². The molecule has 0 radical (unpaired) electrons. The monoisotopic (exact) mass is 486 g/mol. The van der Waals surface area contributed by atoms with Crippen LogP contribution in [0.5, 0.6) is 17.2 Å². The Morgan fingerprint density at radius 2 is 1.34 bits per heavy atom. The van der Waals surface area contributed by atoms with E-state index in [2.05, 4.69) is 6.92 Å². The molecule has 0 aliphatic rings. The smallest absolute Gasteiger partial charge is 0.872 e. The van der Waals surface area contributed by atoms with Crippen LogP contribution in [-0.4, -0.2) is 13.0 Å². The Kier molecular flexibility index (Phi) is 15.0. The van der Waals surface area contributed by atoms with Gasteiger partial charge in [0, 0.05) is 0 Å². The van der Waals surface area contributed by atoms with Crippen molar-refractivity contribution in [1.29, 1.82) is 0 Å². The van der Waals surface area contributed by atoms with E-state index in [1.165, 1.54) is 88.1 Å². The minimum atomic E-state index is -4.23. The molecule has 0 spiro atoms. The van der Waals surface area contributed by atoms with E-state index in [4.69, 9.17) is 9.29 Å². The SMILES string of the molecule is CCCCCCCCCCCCCc1cc([O-])ccc1Oc1ccc(S(=O)(=O)O)cc1.[K+]. The summed E-state index contributed by atoms with van der Waals surface area (Å²) in [7, 11) is -4.23. The van der Waals surface area contributed by atoms with Crippen molar-refractivity contribution in [3.63, 3.8) is 0 Å². The molecule has 5 nitrogen and oxygen atoms in total. The largest absolute Gasteiger partial charge is 1.00 e. The standard InChI is InChI=1S/C25H36O5S.K/c1-2-3-4-5-6-7-8-9-10-11-12-13-21-20-22(26)14-19-25(21)30-23-15-17-24(18-16-23)31(27,28)29;/h14-20,26H,2-13H2,1H3,(H,27,28,29);/q;+1/p-1. The van der Waals surface area contributed by atoms with Gasteiger partial charge >= 0.3 is 51.4 Å². The van der Waals surface area contributed by atoms with Crippen LogP contribution in [-0.2, 0) is 16.5 Å². The molecular formula is C25H35KO5S. The maximum absolute atomic E-state index is 11.8.